The van der Waals surface area contributed by atoms with Gasteiger partial charge < -0.3 is 5.32 Å². The van der Waals surface area contributed by atoms with Crippen molar-refractivity contribution in [3.05, 3.63) is 0 Å². The zero-order chi connectivity index (χ0) is 12.3. The topological polar surface area (TPSA) is 15.3 Å². The van der Waals surface area contributed by atoms with Gasteiger partial charge in [0.1, 0.15) is 0 Å². The first-order valence-corrected chi connectivity index (χ1v) is 7.66. The highest BCUT2D eigenvalue weighted by Crippen LogP contribution is 2.31. The van der Waals surface area contributed by atoms with Crippen molar-refractivity contribution in [3.63, 3.8) is 0 Å². The van der Waals surface area contributed by atoms with E-state index in [1.807, 2.05) is 0 Å². The van der Waals surface area contributed by atoms with E-state index < -0.39 is 0 Å². The van der Waals surface area contributed by atoms with Crippen molar-refractivity contribution >= 4 is 0 Å². The standard InChI is InChI=1S/C15H30N2/c1-12(2)17(11-14-7-8-14)13(3)10-15-6-4-5-9-16-15/h12-16H,4-11H2,1-3H3. The van der Waals surface area contributed by atoms with Crippen molar-refractivity contribution in [1.82, 2.24) is 10.2 Å². The number of nitrogens with one attached hydrogen (secondary N) is 1. The minimum atomic E-state index is 0.703. The molecule has 2 aliphatic rings. The SMILES string of the molecule is CC(C)N(CC1CC1)C(C)CC1CCCCN1. The fraction of sp³-hybridized carbons (Fsp3) is 1.00. The first kappa shape index (κ1) is 13.4. The normalized spacial score (nSPS) is 27.7. The summed E-state index contributed by atoms with van der Waals surface area (Å²) in [6, 6.07) is 2.22. The Morgan fingerprint density at radius 3 is 2.41 bits per heavy atom. The molecule has 0 radical (unpaired) electrons. The number of nitrogens with zero attached hydrogens (tertiary/aromatic N) is 1. The van der Waals surface area contributed by atoms with Crippen LogP contribution in [0.4, 0.5) is 0 Å². The van der Waals surface area contributed by atoms with Gasteiger partial charge in [-0.3, -0.25) is 4.90 Å². The molecule has 2 heteroatoms. The van der Waals surface area contributed by atoms with Gasteiger partial charge in [0.2, 0.25) is 0 Å². The average Bonchev–Trinajstić information content (AvgIpc) is 3.10. The Morgan fingerprint density at radius 1 is 1.12 bits per heavy atom. The van der Waals surface area contributed by atoms with Crippen LogP contribution in [-0.4, -0.2) is 36.1 Å². The lowest BCUT2D eigenvalue weighted by Gasteiger charge is -2.36. The highest BCUT2D eigenvalue weighted by atomic mass is 15.2. The van der Waals surface area contributed by atoms with Gasteiger partial charge in [-0.25, -0.2) is 0 Å². The van der Waals surface area contributed by atoms with E-state index in [2.05, 4.69) is 31.0 Å². The quantitative estimate of drug-likeness (QED) is 0.765. The summed E-state index contributed by atoms with van der Waals surface area (Å²) in [6.45, 7) is 9.71. The fourth-order valence-corrected chi connectivity index (χ4v) is 3.17. The second-order valence-electron chi connectivity index (χ2n) is 6.47. The molecule has 2 unspecified atom stereocenters. The molecule has 0 aromatic heterocycles. The molecule has 2 nitrogen and oxygen atoms in total. The van der Waals surface area contributed by atoms with Crippen LogP contribution in [0.3, 0.4) is 0 Å². The Hall–Kier alpha value is -0.0800. The molecule has 2 fully saturated rings. The van der Waals surface area contributed by atoms with Gasteiger partial charge in [-0.2, -0.15) is 0 Å². The van der Waals surface area contributed by atoms with Gasteiger partial charge in [0.05, 0.1) is 0 Å². The van der Waals surface area contributed by atoms with E-state index in [1.54, 1.807) is 0 Å². The Bertz CT molecular complexity index is 217. The van der Waals surface area contributed by atoms with Crippen molar-refractivity contribution in [3.8, 4) is 0 Å². The number of piperidine rings is 1. The lowest BCUT2D eigenvalue weighted by atomic mass is 9.97. The summed E-state index contributed by atoms with van der Waals surface area (Å²) in [6.07, 6.45) is 8.47. The summed E-state index contributed by atoms with van der Waals surface area (Å²) in [5.41, 5.74) is 0. The molecule has 1 N–H and O–H groups in total. The van der Waals surface area contributed by atoms with Crippen LogP contribution in [0.15, 0.2) is 0 Å². The van der Waals surface area contributed by atoms with Crippen molar-refractivity contribution in [2.75, 3.05) is 13.1 Å². The average molecular weight is 238 g/mol. The monoisotopic (exact) mass is 238 g/mol. The third-order valence-electron chi connectivity index (χ3n) is 4.43. The molecule has 0 amide bonds. The van der Waals surface area contributed by atoms with Crippen LogP contribution < -0.4 is 5.32 Å². The molecule has 2 rings (SSSR count). The molecule has 1 aliphatic heterocycles. The van der Waals surface area contributed by atoms with Crippen LogP contribution in [0.2, 0.25) is 0 Å². The molecule has 17 heavy (non-hydrogen) atoms. The van der Waals surface area contributed by atoms with Crippen molar-refractivity contribution in [1.29, 1.82) is 0 Å². The Labute approximate surface area is 107 Å². The van der Waals surface area contributed by atoms with Gasteiger partial charge in [-0.15, -0.1) is 0 Å². The smallest absolute Gasteiger partial charge is 0.00845 e. The zero-order valence-electron chi connectivity index (χ0n) is 11.9. The summed E-state index contributed by atoms with van der Waals surface area (Å²) in [7, 11) is 0. The third-order valence-corrected chi connectivity index (χ3v) is 4.43. The Kier molecular flexibility index (Phi) is 4.87. The van der Waals surface area contributed by atoms with E-state index in [0.717, 1.165) is 18.0 Å². The molecule has 1 heterocycles. The largest absolute Gasteiger partial charge is 0.314 e. The van der Waals surface area contributed by atoms with Gasteiger partial charge in [-0.1, -0.05) is 6.42 Å². The molecule has 100 valence electrons. The van der Waals surface area contributed by atoms with E-state index in [1.165, 1.54) is 51.6 Å². The maximum Gasteiger partial charge on any atom is 0.00845 e. The molecular weight excluding hydrogens is 208 g/mol. The minimum Gasteiger partial charge on any atom is -0.314 e. The first-order chi connectivity index (χ1) is 8.16. The van der Waals surface area contributed by atoms with E-state index in [4.69, 9.17) is 0 Å². The zero-order valence-corrected chi connectivity index (χ0v) is 11.9. The second kappa shape index (κ2) is 6.19. The summed E-state index contributed by atoms with van der Waals surface area (Å²) in [5, 5.41) is 3.69. The van der Waals surface area contributed by atoms with E-state index in [0.29, 0.717) is 6.04 Å². The third kappa shape index (κ3) is 4.26. The Morgan fingerprint density at radius 2 is 1.88 bits per heavy atom. The molecule has 0 spiro atoms. The maximum absolute atomic E-state index is 3.69. The van der Waals surface area contributed by atoms with Crippen LogP contribution in [0.25, 0.3) is 0 Å². The molecule has 1 aliphatic carbocycles. The summed E-state index contributed by atoms with van der Waals surface area (Å²) in [5.74, 6) is 1.01. The molecular formula is C15H30N2. The predicted octanol–water partition coefficient (Wildman–Crippen LogP) is 3.03. The molecule has 2 atom stereocenters. The molecule has 0 bridgehead atoms. The van der Waals surface area contributed by atoms with E-state index in [-0.39, 0.29) is 0 Å². The van der Waals surface area contributed by atoms with Crippen molar-refractivity contribution in [2.24, 2.45) is 5.92 Å². The first-order valence-electron chi connectivity index (χ1n) is 7.66. The van der Waals surface area contributed by atoms with Crippen LogP contribution in [0, 0.1) is 5.92 Å². The Balaban J connectivity index is 1.79. The summed E-state index contributed by atoms with van der Waals surface area (Å²) < 4.78 is 0. The van der Waals surface area contributed by atoms with Crippen LogP contribution in [-0.2, 0) is 0 Å². The van der Waals surface area contributed by atoms with Crippen molar-refractivity contribution in [2.45, 2.75) is 77.4 Å². The van der Waals surface area contributed by atoms with Crippen LogP contribution in [0.5, 0.6) is 0 Å². The number of hydrogen-bond donors (Lipinski definition) is 1. The molecule has 0 aromatic rings. The van der Waals surface area contributed by atoms with Crippen molar-refractivity contribution < 1.29 is 0 Å². The van der Waals surface area contributed by atoms with E-state index >= 15 is 0 Å². The summed E-state index contributed by atoms with van der Waals surface area (Å²) in [4.78, 5) is 2.73. The van der Waals surface area contributed by atoms with E-state index in [9.17, 15) is 0 Å². The lowest BCUT2D eigenvalue weighted by Crippen LogP contribution is -2.45. The highest BCUT2D eigenvalue weighted by molar-refractivity contribution is 4.84. The minimum absolute atomic E-state index is 0.703. The summed E-state index contributed by atoms with van der Waals surface area (Å²) >= 11 is 0. The predicted molar refractivity (Wildman–Crippen MR) is 74.3 cm³/mol. The number of hydrogen-bond acceptors (Lipinski definition) is 2. The van der Waals surface area contributed by atoms with Gasteiger partial charge in [0.15, 0.2) is 0 Å². The molecule has 1 saturated heterocycles. The molecule has 1 saturated carbocycles. The second-order valence-corrected chi connectivity index (χ2v) is 6.47. The van der Waals surface area contributed by atoms with Crippen LogP contribution in [0.1, 0.15) is 59.3 Å². The molecule has 0 aromatic carbocycles. The lowest BCUT2D eigenvalue weighted by molar-refractivity contribution is 0.136. The van der Waals surface area contributed by atoms with Gasteiger partial charge >= 0.3 is 0 Å². The van der Waals surface area contributed by atoms with Gasteiger partial charge in [0.25, 0.3) is 0 Å². The maximum atomic E-state index is 3.69. The van der Waals surface area contributed by atoms with Gasteiger partial charge in [0, 0.05) is 24.7 Å². The van der Waals surface area contributed by atoms with Gasteiger partial charge in [-0.05, 0) is 65.3 Å². The van der Waals surface area contributed by atoms with Crippen LogP contribution >= 0.6 is 0 Å². The highest BCUT2D eigenvalue weighted by Gasteiger charge is 2.29. The fourth-order valence-electron chi connectivity index (χ4n) is 3.17. The number of rotatable bonds is 6.